The second-order valence-electron chi connectivity index (χ2n) is 5.82. The molecule has 5 heteroatoms. The molecular weight excluding hydrogens is 286 g/mol. The minimum Gasteiger partial charge on any atom is -0.396 e. The molecule has 21 heavy (non-hydrogen) atoms. The summed E-state index contributed by atoms with van der Waals surface area (Å²) in [6, 6.07) is 0. The number of aliphatic hydroxyl groups is 1. The average molecular weight is 320 g/mol. The van der Waals surface area contributed by atoms with Crippen LogP contribution in [0.4, 0.5) is 0 Å². The predicted molar refractivity (Wildman–Crippen MR) is 90.6 cm³/mol. The van der Waals surface area contributed by atoms with E-state index in [0.29, 0.717) is 6.42 Å². The van der Waals surface area contributed by atoms with Crippen molar-refractivity contribution < 1.29 is 14.6 Å². The highest BCUT2D eigenvalue weighted by atomic mass is 32.2. The van der Waals surface area contributed by atoms with Crippen LogP contribution in [0.5, 0.6) is 0 Å². The van der Waals surface area contributed by atoms with Crippen molar-refractivity contribution in [2.45, 2.75) is 77.3 Å². The van der Waals surface area contributed by atoms with Crippen molar-refractivity contribution >= 4 is 17.7 Å². The molecule has 0 aliphatic heterocycles. The lowest BCUT2D eigenvalue weighted by Gasteiger charge is -2.28. The number of aliphatic hydroxyl groups excluding tert-OH is 1. The molecule has 0 fully saturated rings. The highest BCUT2D eigenvalue weighted by Crippen LogP contribution is 2.28. The molecule has 0 spiro atoms. The van der Waals surface area contributed by atoms with Gasteiger partial charge in [0.1, 0.15) is 4.93 Å². The zero-order valence-electron chi connectivity index (χ0n) is 14.1. The van der Waals surface area contributed by atoms with Gasteiger partial charge in [-0.15, -0.1) is 11.8 Å². The van der Waals surface area contributed by atoms with E-state index in [1.165, 1.54) is 0 Å². The van der Waals surface area contributed by atoms with Gasteiger partial charge in [-0.3, -0.25) is 4.79 Å². The van der Waals surface area contributed by atoms with Crippen LogP contribution in [0.1, 0.15) is 66.2 Å². The number of hydrogen-bond acceptors (Lipinski definition) is 4. The molecular formula is C16H33NO3S. The molecule has 126 valence electrons. The predicted octanol–water partition coefficient (Wildman–Crippen LogP) is 3.33. The highest BCUT2D eigenvalue weighted by molar-refractivity contribution is 8.00. The van der Waals surface area contributed by atoms with Crippen molar-refractivity contribution in [2.24, 2.45) is 0 Å². The molecule has 1 amide bonds. The molecule has 0 heterocycles. The van der Waals surface area contributed by atoms with Crippen LogP contribution in [0, 0.1) is 0 Å². The maximum absolute atomic E-state index is 11.5. The molecule has 0 aliphatic carbocycles. The molecule has 0 bridgehead atoms. The number of amides is 1. The second kappa shape index (κ2) is 12.3. The summed E-state index contributed by atoms with van der Waals surface area (Å²) >= 11 is 1.80. The fourth-order valence-electron chi connectivity index (χ4n) is 1.88. The number of hydrogen-bond donors (Lipinski definition) is 2. The highest BCUT2D eigenvalue weighted by Gasteiger charge is 2.20. The van der Waals surface area contributed by atoms with E-state index >= 15 is 0 Å². The van der Waals surface area contributed by atoms with E-state index in [1.807, 2.05) is 0 Å². The van der Waals surface area contributed by atoms with Crippen LogP contribution in [0.25, 0.3) is 0 Å². The van der Waals surface area contributed by atoms with E-state index in [9.17, 15) is 4.79 Å². The van der Waals surface area contributed by atoms with Crippen LogP contribution in [-0.2, 0) is 9.53 Å². The quantitative estimate of drug-likeness (QED) is 0.404. The Balaban J connectivity index is 3.55. The van der Waals surface area contributed by atoms with Crippen LogP contribution in [0.15, 0.2) is 0 Å². The van der Waals surface area contributed by atoms with Crippen LogP contribution >= 0.6 is 11.8 Å². The lowest BCUT2D eigenvalue weighted by Crippen LogP contribution is -2.27. The summed E-state index contributed by atoms with van der Waals surface area (Å²) in [6.07, 6.45) is 5.39. The Kier molecular flexibility index (Phi) is 12.1. The Bertz CT molecular complexity index is 272. The molecule has 4 nitrogen and oxygen atoms in total. The third kappa shape index (κ3) is 13.1. The van der Waals surface area contributed by atoms with Gasteiger partial charge >= 0.3 is 0 Å². The Labute approximate surface area is 134 Å². The Morgan fingerprint density at radius 2 is 2.00 bits per heavy atom. The number of unbranched alkanes of at least 4 members (excludes halogenated alkanes) is 2. The second-order valence-corrected chi connectivity index (χ2v) is 7.50. The normalized spacial score (nSPS) is 13.2. The molecule has 0 aromatic heterocycles. The Hall–Kier alpha value is -0.260. The summed E-state index contributed by atoms with van der Waals surface area (Å²) in [6.45, 7) is 9.37. The molecule has 0 aliphatic rings. The van der Waals surface area contributed by atoms with Crippen LogP contribution in [0.3, 0.4) is 0 Å². The van der Waals surface area contributed by atoms with Crippen molar-refractivity contribution in [1.29, 1.82) is 0 Å². The lowest BCUT2D eigenvalue weighted by molar-refractivity contribution is -0.121. The van der Waals surface area contributed by atoms with E-state index in [1.54, 1.807) is 11.8 Å². The summed E-state index contributed by atoms with van der Waals surface area (Å²) < 4.78 is 5.95. The zero-order chi connectivity index (χ0) is 16.1. The van der Waals surface area contributed by atoms with Crippen molar-refractivity contribution in [1.82, 2.24) is 5.32 Å². The summed E-state index contributed by atoms with van der Waals surface area (Å²) in [5, 5.41) is 11.6. The fourth-order valence-corrected chi connectivity index (χ4v) is 2.89. The standard InChI is InChI=1S/C16H33NO3S/c1-5-14(2)20-16(3,4)21-13-9-11-17-15(19)10-7-6-8-12-18/h14,18H,5-13H2,1-4H3,(H,17,19). The molecule has 0 aromatic rings. The zero-order valence-corrected chi connectivity index (χ0v) is 14.9. The van der Waals surface area contributed by atoms with Gasteiger partial charge in [-0.2, -0.15) is 0 Å². The first-order valence-electron chi connectivity index (χ1n) is 8.10. The van der Waals surface area contributed by atoms with Gasteiger partial charge in [0.2, 0.25) is 5.91 Å². The summed E-state index contributed by atoms with van der Waals surface area (Å²) in [5.41, 5.74) is 0. The van der Waals surface area contributed by atoms with Gasteiger partial charge in [-0.1, -0.05) is 13.3 Å². The van der Waals surface area contributed by atoms with Crippen LogP contribution in [0.2, 0.25) is 0 Å². The summed E-state index contributed by atoms with van der Waals surface area (Å²) in [7, 11) is 0. The number of carbonyl (C=O) groups excluding carboxylic acids is 1. The first-order valence-corrected chi connectivity index (χ1v) is 9.09. The molecule has 0 rings (SSSR count). The van der Waals surface area contributed by atoms with Crippen molar-refractivity contribution in [3.05, 3.63) is 0 Å². The van der Waals surface area contributed by atoms with Crippen molar-refractivity contribution in [3.8, 4) is 0 Å². The Morgan fingerprint density at radius 1 is 1.29 bits per heavy atom. The van der Waals surface area contributed by atoms with Crippen molar-refractivity contribution in [3.63, 3.8) is 0 Å². The maximum Gasteiger partial charge on any atom is 0.219 e. The first-order chi connectivity index (χ1) is 9.91. The monoisotopic (exact) mass is 319 g/mol. The number of ether oxygens (including phenoxy) is 1. The fraction of sp³-hybridized carbons (Fsp3) is 0.938. The van der Waals surface area contributed by atoms with E-state index in [4.69, 9.17) is 9.84 Å². The molecule has 0 aromatic carbocycles. The summed E-state index contributed by atoms with van der Waals surface area (Å²) in [4.78, 5) is 11.4. The van der Waals surface area contributed by atoms with Gasteiger partial charge in [-0.25, -0.2) is 0 Å². The Morgan fingerprint density at radius 3 is 2.62 bits per heavy atom. The first kappa shape index (κ1) is 20.7. The van der Waals surface area contributed by atoms with E-state index < -0.39 is 0 Å². The average Bonchev–Trinajstić information content (AvgIpc) is 2.42. The topological polar surface area (TPSA) is 58.6 Å². The van der Waals surface area contributed by atoms with E-state index in [-0.39, 0.29) is 23.6 Å². The molecule has 0 saturated heterocycles. The SMILES string of the molecule is CCC(C)OC(C)(C)SCCCNC(=O)CCCCCO. The largest absolute Gasteiger partial charge is 0.396 e. The number of thioether (sulfide) groups is 1. The van der Waals surface area contributed by atoms with Gasteiger partial charge in [-0.05, 0) is 52.2 Å². The minimum absolute atomic E-state index is 0.119. The summed E-state index contributed by atoms with van der Waals surface area (Å²) in [5.74, 6) is 1.10. The number of rotatable bonds is 13. The van der Waals surface area contributed by atoms with E-state index in [2.05, 4.69) is 33.0 Å². The number of carbonyl (C=O) groups is 1. The van der Waals surface area contributed by atoms with Gasteiger partial charge in [0.25, 0.3) is 0 Å². The molecule has 0 saturated carbocycles. The molecule has 0 radical (unpaired) electrons. The lowest BCUT2D eigenvalue weighted by atomic mass is 10.2. The smallest absolute Gasteiger partial charge is 0.219 e. The molecule has 1 atom stereocenters. The number of nitrogens with one attached hydrogen (secondary N) is 1. The van der Waals surface area contributed by atoms with Crippen LogP contribution in [-0.4, -0.2) is 41.0 Å². The minimum atomic E-state index is -0.163. The molecule has 2 N–H and O–H groups in total. The third-order valence-electron chi connectivity index (χ3n) is 3.21. The van der Waals surface area contributed by atoms with E-state index in [0.717, 1.165) is 44.4 Å². The van der Waals surface area contributed by atoms with Gasteiger partial charge in [0.05, 0.1) is 6.10 Å². The molecule has 1 unspecified atom stereocenters. The third-order valence-corrected chi connectivity index (χ3v) is 4.50. The van der Waals surface area contributed by atoms with Gasteiger partial charge < -0.3 is 15.2 Å². The maximum atomic E-state index is 11.5. The van der Waals surface area contributed by atoms with Gasteiger partial charge in [0.15, 0.2) is 0 Å². The van der Waals surface area contributed by atoms with Crippen molar-refractivity contribution in [2.75, 3.05) is 18.9 Å². The van der Waals surface area contributed by atoms with Crippen LogP contribution < -0.4 is 5.32 Å². The van der Waals surface area contributed by atoms with Gasteiger partial charge in [0, 0.05) is 19.6 Å².